The molecule has 0 aliphatic heterocycles. The number of nitrogens with two attached hydrogens (primary N) is 1. The topological polar surface area (TPSA) is 132 Å². The SMILES string of the molecule is NC(=O)NC(=O)COc1cnc2ccccc2c1C(=O)O. The lowest BCUT2D eigenvalue weighted by Gasteiger charge is -2.10. The third-order valence-corrected chi connectivity index (χ3v) is 2.58. The number of nitrogens with one attached hydrogen (secondary N) is 1. The lowest BCUT2D eigenvalue weighted by atomic mass is 10.1. The normalized spacial score (nSPS) is 10.1. The number of para-hydroxylation sites is 1. The quantitative estimate of drug-likeness (QED) is 0.751. The van der Waals surface area contributed by atoms with Gasteiger partial charge in [0.15, 0.2) is 12.4 Å². The summed E-state index contributed by atoms with van der Waals surface area (Å²) < 4.78 is 5.11. The molecule has 1 aromatic heterocycles. The number of amides is 3. The molecule has 8 heteroatoms. The second kappa shape index (κ2) is 5.87. The van der Waals surface area contributed by atoms with Crippen LogP contribution in [0.2, 0.25) is 0 Å². The van der Waals surface area contributed by atoms with Crippen LogP contribution in [0.1, 0.15) is 10.4 Å². The Labute approximate surface area is 118 Å². The van der Waals surface area contributed by atoms with Crippen LogP contribution in [-0.4, -0.2) is 34.6 Å². The number of carboxylic acids is 1. The highest BCUT2D eigenvalue weighted by atomic mass is 16.5. The number of primary amides is 1. The minimum atomic E-state index is -1.21. The number of hydrogen-bond donors (Lipinski definition) is 3. The molecule has 0 saturated carbocycles. The van der Waals surface area contributed by atoms with E-state index in [-0.39, 0.29) is 11.3 Å². The number of fused-ring (bicyclic) bond motifs is 1. The highest BCUT2D eigenvalue weighted by Crippen LogP contribution is 2.26. The maximum Gasteiger partial charge on any atom is 0.340 e. The van der Waals surface area contributed by atoms with Crippen molar-refractivity contribution >= 4 is 28.8 Å². The van der Waals surface area contributed by atoms with E-state index in [0.717, 1.165) is 0 Å². The van der Waals surface area contributed by atoms with Gasteiger partial charge in [0.1, 0.15) is 5.56 Å². The summed E-state index contributed by atoms with van der Waals surface area (Å²) in [4.78, 5) is 37.2. The van der Waals surface area contributed by atoms with Gasteiger partial charge in [0.25, 0.3) is 5.91 Å². The Balaban J connectivity index is 2.31. The fourth-order valence-electron chi connectivity index (χ4n) is 1.77. The molecule has 0 spiro atoms. The molecule has 1 heterocycles. The molecule has 2 aromatic rings. The monoisotopic (exact) mass is 289 g/mol. The van der Waals surface area contributed by atoms with Crippen molar-refractivity contribution in [2.24, 2.45) is 5.73 Å². The second-order valence-corrected chi connectivity index (χ2v) is 4.02. The number of benzene rings is 1. The number of aromatic carboxylic acids is 1. The van der Waals surface area contributed by atoms with Crippen LogP contribution < -0.4 is 15.8 Å². The van der Waals surface area contributed by atoms with Crippen LogP contribution >= 0.6 is 0 Å². The number of nitrogens with zero attached hydrogens (tertiary/aromatic N) is 1. The molecule has 108 valence electrons. The van der Waals surface area contributed by atoms with Gasteiger partial charge in [-0.2, -0.15) is 0 Å². The summed E-state index contributed by atoms with van der Waals surface area (Å²) in [6.07, 6.45) is 1.21. The van der Waals surface area contributed by atoms with Crippen molar-refractivity contribution in [1.29, 1.82) is 0 Å². The average molecular weight is 289 g/mol. The van der Waals surface area contributed by atoms with Crippen molar-refractivity contribution in [1.82, 2.24) is 10.3 Å². The van der Waals surface area contributed by atoms with E-state index in [1.807, 2.05) is 0 Å². The molecule has 0 aliphatic rings. The van der Waals surface area contributed by atoms with Crippen molar-refractivity contribution in [2.45, 2.75) is 0 Å². The molecule has 0 fully saturated rings. The molecular formula is C13H11N3O5. The molecule has 0 bridgehead atoms. The molecule has 4 N–H and O–H groups in total. The van der Waals surface area contributed by atoms with Crippen molar-refractivity contribution < 1.29 is 24.2 Å². The third-order valence-electron chi connectivity index (χ3n) is 2.58. The van der Waals surface area contributed by atoms with Crippen LogP contribution in [0.15, 0.2) is 30.5 Å². The Morgan fingerprint density at radius 3 is 2.67 bits per heavy atom. The number of rotatable bonds is 4. The Morgan fingerprint density at radius 2 is 2.00 bits per heavy atom. The summed E-state index contributed by atoms with van der Waals surface area (Å²) in [7, 11) is 0. The van der Waals surface area contributed by atoms with E-state index >= 15 is 0 Å². The van der Waals surface area contributed by atoms with Gasteiger partial charge in [-0.25, -0.2) is 9.59 Å². The van der Waals surface area contributed by atoms with E-state index in [2.05, 4.69) is 4.98 Å². The van der Waals surface area contributed by atoms with E-state index in [4.69, 9.17) is 10.5 Å². The Morgan fingerprint density at radius 1 is 1.29 bits per heavy atom. The number of aromatic nitrogens is 1. The van der Waals surface area contributed by atoms with Crippen LogP contribution in [0.5, 0.6) is 5.75 Å². The van der Waals surface area contributed by atoms with Crippen molar-refractivity contribution in [3.63, 3.8) is 0 Å². The van der Waals surface area contributed by atoms with Crippen LogP contribution in [0.4, 0.5) is 4.79 Å². The summed E-state index contributed by atoms with van der Waals surface area (Å²) in [6, 6.07) is 5.62. The average Bonchev–Trinajstić information content (AvgIpc) is 2.43. The first-order chi connectivity index (χ1) is 9.99. The maximum absolute atomic E-state index is 11.4. The van der Waals surface area contributed by atoms with Crippen molar-refractivity contribution in [3.05, 3.63) is 36.0 Å². The highest BCUT2D eigenvalue weighted by Gasteiger charge is 2.17. The maximum atomic E-state index is 11.4. The molecule has 0 unspecified atom stereocenters. The number of carboxylic acid groups (broad SMARTS) is 1. The van der Waals surface area contributed by atoms with Gasteiger partial charge in [-0.1, -0.05) is 18.2 Å². The number of pyridine rings is 1. The van der Waals surface area contributed by atoms with Crippen molar-refractivity contribution in [2.75, 3.05) is 6.61 Å². The number of carbonyl (C=O) groups is 3. The summed E-state index contributed by atoms with van der Waals surface area (Å²) in [5.74, 6) is -2.06. The molecule has 21 heavy (non-hydrogen) atoms. The summed E-state index contributed by atoms with van der Waals surface area (Å²) in [6.45, 7) is -0.552. The minimum Gasteiger partial charge on any atom is -0.481 e. The Hall–Kier alpha value is -3.16. The van der Waals surface area contributed by atoms with E-state index in [1.165, 1.54) is 6.20 Å². The van der Waals surface area contributed by atoms with Crippen LogP contribution in [0.25, 0.3) is 10.9 Å². The Bertz CT molecular complexity index is 729. The predicted molar refractivity (Wildman–Crippen MR) is 71.9 cm³/mol. The van der Waals surface area contributed by atoms with Gasteiger partial charge in [0.05, 0.1) is 11.7 Å². The zero-order valence-corrected chi connectivity index (χ0v) is 10.7. The van der Waals surface area contributed by atoms with E-state index < -0.39 is 24.5 Å². The van der Waals surface area contributed by atoms with Gasteiger partial charge in [0.2, 0.25) is 0 Å². The first-order valence-corrected chi connectivity index (χ1v) is 5.82. The van der Waals surface area contributed by atoms with Gasteiger partial charge in [0, 0.05) is 5.39 Å². The fourth-order valence-corrected chi connectivity index (χ4v) is 1.77. The number of hydrogen-bond acceptors (Lipinski definition) is 5. The van der Waals surface area contributed by atoms with E-state index in [9.17, 15) is 19.5 Å². The summed E-state index contributed by atoms with van der Waals surface area (Å²) in [5.41, 5.74) is 5.17. The molecule has 3 amide bonds. The van der Waals surface area contributed by atoms with Gasteiger partial charge < -0.3 is 15.6 Å². The molecule has 0 atom stereocenters. The Kier molecular flexibility index (Phi) is 3.98. The molecule has 1 aromatic carbocycles. The molecule has 0 saturated heterocycles. The van der Waals surface area contributed by atoms with Crippen LogP contribution in [-0.2, 0) is 4.79 Å². The number of ether oxygens (including phenoxy) is 1. The van der Waals surface area contributed by atoms with E-state index in [0.29, 0.717) is 10.9 Å². The first-order valence-electron chi connectivity index (χ1n) is 5.82. The fraction of sp³-hybridized carbons (Fsp3) is 0.0769. The molecule has 8 nitrogen and oxygen atoms in total. The summed E-state index contributed by atoms with van der Waals surface area (Å²) >= 11 is 0. The smallest absolute Gasteiger partial charge is 0.340 e. The van der Waals surface area contributed by atoms with Crippen LogP contribution in [0, 0.1) is 0 Å². The highest BCUT2D eigenvalue weighted by molar-refractivity contribution is 6.05. The van der Waals surface area contributed by atoms with Crippen molar-refractivity contribution in [3.8, 4) is 5.75 Å². The van der Waals surface area contributed by atoms with Gasteiger partial charge >= 0.3 is 12.0 Å². The second-order valence-electron chi connectivity index (χ2n) is 4.02. The number of carbonyl (C=O) groups excluding carboxylic acids is 2. The lowest BCUT2D eigenvalue weighted by Crippen LogP contribution is -2.38. The zero-order chi connectivity index (χ0) is 15.4. The lowest BCUT2D eigenvalue weighted by molar-refractivity contribution is -0.121. The van der Waals surface area contributed by atoms with Gasteiger partial charge in [-0.3, -0.25) is 15.1 Å². The minimum absolute atomic E-state index is 0.0687. The number of imide groups is 1. The largest absolute Gasteiger partial charge is 0.481 e. The molecule has 0 radical (unpaired) electrons. The van der Waals surface area contributed by atoms with Gasteiger partial charge in [-0.15, -0.1) is 0 Å². The molecule has 2 rings (SSSR count). The first kappa shape index (κ1) is 14.3. The predicted octanol–water partition coefficient (Wildman–Crippen LogP) is 0.507. The number of urea groups is 1. The zero-order valence-electron chi connectivity index (χ0n) is 10.7. The third kappa shape index (κ3) is 3.24. The van der Waals surface area contributed by atoms with E-state index in [1.54, 1.807) is 29.6 Å². The molecular weight excluding hydrogens is 278 g/mol. The standard InChI is InChI=1S/C13H11N3O5/c14-13(20)16-10(17)6-21-9-5-15-8-4-2-1-3-7(8)11(9)12(18)19/h1-5H,6H2,(H,18,19)(H3,14,16,17,20). The van der Waals surface area contributed by atoms with Gasteiger partial charge in [-0.05, 0) is 6.07 Å². The van der Waals surface area contributed by atoms with Crippen LogP contribution in [0.3, 0.4) is 0 Å². The summed E-state index contributed by atoms with van der Waals surface area (Å²) in [5, 5.41) is 11.5. The molecule has 0 aliphatic carbocycles.